The second-order valence-electron chi connectivity index (χ2n) is 6.59. The molecule has 2 heterocycles. The van der Waals surface area contributed by atoms with Gasteiger partial charge < -0.3 is 5.32 Å². The fourth-order valence-electron chi connectivity index (χ4n) is 2.22. The predicted molar refractivity (Wildman–Crippen MR) is 88.3 cm³/mol. The first-order chi connectivity index (χ1) is 11.4. The molecule has 5 nitrogen and oxygen atoms in total. The Morgan fingerprint density at radius 3 is 2.52 bits per heavy atom. The van der Waals surface area contributed by atoms with E-state index < -0.39 is 17.8 Å². The summed E-state index contributed by atoms with van der Waals surface area (Å²) in [6, 6.07) is 2.97. The van der Waals surface area contributed by atoms with Gasteiger partial charge in [-0.2, -0.15) is 23.5 Å². The maximum atomic E-state index is 12.7. The van der Waals surface area contributed by atoms with Crippen molar-refractivity contribution in [3.05, 3.63) is 34.0 Å². The van der Waals surface area contributed by atoms with Crippen LogP contribution in [0.15, 0.2) is 11.4 Å². The van der Waals surface area contributed by atoms with Gasteiger partial charge in [0.05, 0.1) is 5.56 Å². The van der Waals surface area contributed by atoms with Crippen LogP contribution in [-0.2, 0) is 22.9 Å². The first kappa shape index (κ1) is 19.0. The number of aromatic nitrogens is 2. The Bertz CT molecular complexity index is 837. The molecule has 2 aromatic rings. The lowest BCUT2D eigenvalue weighted by atomic mass is 9.86. The molecule has 1 N–H and O–H groups in total. The number of alkyl halides is 3. The number of thiophene rings is 1. The van der Waals surface area contributed by atoms with Gasteiger partial charge in [-0.05, 0) is 29.3 Å². The molecule has 0 aliphatic carbocycles. The monoisotopic (exact) mass is 370 g/mol. The fraction of sp³-hybridized carbons (Fsp3) is 0.438. The van der Waals surface area contributed by atoms with Gasteiger partial charge in [-0.15, -0.1) is 11.3 Å². The molecule has 2 aromatic heterocycles. The standard InChI is InChI=1S/C16H17F3N4OS/c1-9-5-12(16(17,18)19)22-23(9)7-13(24)21-14-10(6-20)11(8-25-14)15(2,3)4/h5,8H,7H2,1-4H3,(H,21,24). The zero-order chi connectivity index (χ0) is 19.0. The number of halogens is 3. The van der Waals surface area contributed by atoms with E-state index in [0.717, 1.165) is 16.3 Å². The summed E-state index contributed by atoms with van der Waals surface area (Å²) in [5.41, 5.74) is 0.111. The highest BCUT2D eigenvalue weighted by Gasteiger charge is 2.34. The van der Waals surface area contributed by atoms with Crippen molar-refractivity contribution < 1.29 is 18.0 Å². The van der Waals surface area contributed by atoms with Gasteiger partial charge in [-0.1, -0.05) is 20.8 Å². The number of hydrogen-bond donors (Lipinski definition) is 1. The molecule has 0 radical (unpaired) electrons. The van der Waals surface area contributed by atoms with Gasteiger partial charge in [-0.25, -0.2) is 0 Å². The topological polar surface area (TPSA) is 70.7 Å². The van der Waals surface area contributed by atoms with E-state index in [4.69, 9.17) is 0 Å². The van der Waals surface area contributed by atoms with E-state index in [2.05, 4.69) is 16.5 Å². The highest BCUT2D eigenvalue weighted by molar-refractivity contribution is 7.14. The summed E-state index contributed by atoms with van der Waals surface area (Å²) in [4.78, 5) is 12.2. The Kier molecular flexibility index (Phi) is 4.95. The minimum absolute atomic E-state index is 0.226. The molecule has 0 fully saturated rings. The van der Waals surface area contributed by atoms with Crippen molar-refractivity contribution in [1.82, 2.24) is 9.78 Å². The van der Waals surface area contributed by atoms with E-state index in [0.29, 0.717) is 10.6 Å². The van der Waals surface area contributed by atoms with Gasteiger partial charge in [0, 0.05) is 5.69 Å². The number of aryl methyl sites for hydroxylation is 1. The number of carbonyl (C=O) groups is 1. The summed E-state index contributed by atoms with van der Waals surface area (Å²) in [6.45, 7) is 6.93. The Morgan fingerprint density at radius 1 is 1.40 bits per heavy atom. The van der Waals surface area contributed by atoms with E-state index in [9.17, 15) is 23.2 Å². The molecule has 1 amide bonds. The molecule has 0 bridgehead atoms. The minimum Gasteiger partial charge on any atom is -0.315 e. The highest BCUT2D eigenvalue weighted by Crippen LogP contribution is 2.35. The van der Waals surface area contributed by atoms with Crippen LogP contribution in [0.25, 0.3) is 0 Å². The van der Waals surface area contributed by atoms with E-state index in [1.165, 1.54) is 18.3 Å². The van der Waals surface area contributed by atoms with Crippen LogP contribution in [0, 0.1) is 18.3 Å². The maximum Gasteiger partial charge on any atom is 0.435 e. The number of amides is 1. The van der Waals surface area contributed by atoms with E-state index in [-0.39, 0.29) is 17.7 Å². The lowest BCUT2D eigenvalue weighted by molar-refractivity contribution is -0.141. The van der Waals surface area contributed by atoms with Crippen molar-refractivity contribution >= 4 is 22.2 Å². The number of nitrogens with one attached hydrogen (secondary N) is 1. The Hall–Kier alpha value is -2.34. The number of anilines is 1. The lowest BCUT2D eigenvalue weighted by Crippen LogP contribution is -2.21. The number of nitriles is 1. The van der Waals surface area contributed by atoms with Crippen LogP contribution in [0.3, 0.4) is 0 Å². The lowest BCUT2D eigenvalue weighted by Gasteiger charge is -2.17. The quantitative estimate of drug-likeness (QED) is 0.885. The number of hydrogen-bond acceptors (Lipinski definition) is 4. The Morgan fingerprint density at radius 2 is 2.04 bits per heavy atom. The Labute approximate surface area is 147 Å². The minimum atomic E-state index is -4.56. The first-order valence-corrected chi connectivity index (χ1v) is 8.25. The molecule has 0 aromatic carbocycles. The van der Waals surface area contributed by atoms with Crippen LogP contribution in [0.2, 0.25) is 0 Å². The average molecular weight is 370 g/mol. The van der Waals surface area contributed by atoms with Gasteiger partial charge in [-0.3, -0.25) is 9.48 Å². The summed E-state index contributed by atoms with van der Waals surface area (Å²) in [7, 11) is 0. The van der Waals surface area contributed by atoms with Crippen LogP contribution < -0.4 is 5.32 Å². The van der Waals surface area contributed by atoms with E-state index in [1.807, 2.05) is 20.8 Å². The van der Waals surface area contributed by atoms with Crippen LogP contribution in [0.4, 0.5) is 18.2 Å². The highest BCUT2D eigenvalue weighted by atomic mass is 32.1. The predicted octanol–water partition coefficient (Wildman–Crippen LogP) is 4.08. The normalized spacial score (nSPS) is 12.1. The van der Waals surface area contributed by atoms with E-state index >= 15 is 0 Å². The third-order valence-corrected chi connectivity index (χ3v) is 4.42. The van der Waals surface area contributed by atoms with Crippen molar-refractivity contribution in [1.29, 1.82) is 5.26 Å². The third-order valence-electron chi connectivity index (χ3n) is 3.53. The van der Waals surface area contributed by atoms with E-state index in [1.54, 1.807) is 5.38 Å². The first-order valence-electron chi connectivity index (χ1n) is 7.37. The van der Waals surface area contributed by atoms with Crippen LogP contribution in [-0.4, -0.2) is 15.7 Å². The smallest absolute Gasteiger partial charge is 0.315 e. The average Bonchev–Trinajstić information content (AvgIpc) is 3.02. The molecule has 2 rings (SSSR count). The molecule has 25 heavy (non-hydrogen) atoms. The molecule has 0 aliphatic rings. The van der Waals surface area contributed by atoms with Gasteiger partial charge in [0.2, 0.25) is 5.91 Å². The van der Waals surface area contributed by atoms with Crippen LogP contribution in [0.5, 0.6) is 0 Å². The molecule has 0 spiro atoms. The summed E-state index contributed by atoms with van der Waals surface area (Å²) < 4.78 is 39.0. The summed E-state index contributed by atoms with van der Waals surface area (Å²) in [5, 5.41) is 17.6. The summed E-state index contributed by atoms with van der Waals surface area (Å²) >= 11 is 1.22. The van der Waals surface area contributed by atoms with Crippen molar-refractivity contribution in [2.24, 2.45) is 0 Å². The number of nitrogens with zero attached hydrogens (tertiary/aromatic N) is 3. The van der Waals surface area contributed by atoms with Gasteiger partial charge >= 0.3 is 6.18 Å². The number of rotatable bonds is 3. The fourth-order valence-corrected chi connectivity index (χ4v) is 3.38. The zero-order valence-corrected chi connectivity index (χ0v) is 15.0. The molecule has 0 saturated heterocycles. The molecule has 0 unspecified atom stereocenters. The summed E-state index contributed by atoms with van der Waals surface area (Å²) in [6.07, 6.45) is -4.56. The van der Waals surface area contributed by atoms with Crippen molar-refractivity contribution in [2.75, 3.05) is 5.32 Å². The largest absolute Gasteiger partial charge is 0.435 e. The Balaban J connectivity index is 2.18. The van der Waals surface area contributed by atoms with Crippen molar-refractivity contribution in [3.63, 3.8) is 0 Å². The van der Waals surface area contributed by atoms with Crippen LogP contribution in [0.1, 0.15) is 43.3 Å². The van der Waals surface area contributed by atoms with Crippen molar-refractivity contribution in [2.45, 2.75) is 45.8 Å². The maximum absolute atomic E-state index is 12.7. The molecule has 0 saturated carbocycles. The second kappa shape index (κ2) is 6.52. The second-order valence-corrected chi connectivity index (χ2v) is 7.47. The molecule has 0 aliphatic heterocycles. The van der Waals surface area contributed by atoms with Gasteiger partial charge in [0.25, 0.3) is 0 Å². The third kappa shape index (κ3) is 4.20. The van der Waals surface area contributed by atoms with Crippen LogP contribution >= 0.6 is 11.3 Å². The van der Waals surface area contributed by atoms with Crippen molar-refractivity contribution in [3.8, 4) is 6.07 Å². The summed E-state index contributed by atoms with van der Waals surface area (Å²) in [5.74, 6) is -0.543. The molecular formula is C16H17F3N4OS. The molecule has 134 valence electrons. The van der Waals surface area contributed by atoms with Gasteiger partial charge in [0.15, 0.2) is 5.69 Å². The zero-order valence-electron chi connectivity index (χ0n) is 14.2. The van der Waals surface area contributed by atoms with Gasteiger partial charge in [0.1, 0.15) is 17.6 Å². The SMILES string of the molecule is Cc1cc(C(F)(F)F)nn1CC(=O)Nc1scc(C(C)(C)C)c1C#N. The molecule has 0 atom stereocenters. The molecule has 9 heteroatoms. The number of carbonyl (C=O) groups excluding carboxylic acids is 1. The molecular weight excluding hydrogens is 353 g/mol.